The minimum absolute atomic E-state index is 0.107. The molecule has 2 N–H and O–H groups in total. The third kappa shape index (κ3) is 5.36. The number of halogens is 1. The van der Waals surface area contributed by atoms with Crippen molar-refractivity contribution in [1.29, 1.82) is 0 Å². The van der Waals surface area contributed by atoms with E-state index in [2.05, 4.69) is 5.32 Å². The molecule has 0 fully saturated rings. The molecule has 0 spiro atoms. The summed E-state index contributed by atoms with van der Waals surface area (Å²) in [7, 11) is 0. The Morgan fingerprint density at radius 1 is 1.16 bits per heavy atom. The molecule has 0 bridgehead atoms. The largest absolute Gasteiger partial charge is 0.464 e. The molecule has 7 heteroatoms. The van der Waals surface area contributed by atoms with Crippen molar-refractivity contribution in [3.05, 3.63) is 83.6 Å². The van der Waals surface area contributed by atoms with Crippen LogP contribution in [0.2, 0.25) is 0 Å². The number of aliphatic hydroxyl groups excluding tert-OH is 1. The van der Waals surface area contributed by atoms with Gasteiger partial charge in [0.2, 0.25) is 6.29 Å². The molecule has 3 aromatic rings. The number of benzene rings is 2. The second-order valence-electron chi connectivity index (χ2n) is 7.72. The number of ether oxygens (including phenoxy) is 2. The van der Waals surface area contributed by atoms with Crippen LogP contribution in [0.15, 0.2) is 71.0 Å². The molecule has 2 aromatic carbocycles. The number of hydrogen-bond donors (Lipinski definition) is 2. The molecule has 2 unspecified atom stereocenters. The SMILES string of the molecule is O=C(NCc1ccc(F)cc1)C1=CC(c2coc3ccccc23)CC(OCCCCO)O1. The lowest BCUT2D eigenvalue weighted by molar-refractivity contribution is -0.146. The lowest BCUT2D eigenvalue weighted by atomic mass is 9.92. The lowest BCUT2D eigenvalue weighted by Crippen LogP contribution is -2.32. The fraction of sp³-hybridized carbons (Fsp3) is 0.320. The molecule has 1 aliphatic rings. The van der Waals surface area contributed by atoms with Crippen LogP contribution in [-0.4, -0.2) is 30.5 Å². The van der Waals surface area contributed by atoms with E-state index < -0.39 is 6.29 Å². The molecular weight excluding hydrogens is 413 g/mol. The van der Waals surface area contributed by atoms with Crippen LogP contribution in [0.3, 0.4) is 0 Å². The van der Waals surface area contributed by atoms with Crippen LogP contribution in [0, 0.1) is 5.82 Å². The Hall–Kier alpha value is -3.16. The lowest BCUT2D eigenvalue weighted by Gasteiger charge is -2.29. The van der Waals surface area contributed by atoms with Gasteiger partial charge in [-0.05, 0) is 42.7 Å². The predicted molar refractivity (Wildman–Crippen MR) is 117 cm³/mol. The second-order valence-corrected chi connectivity index (χ2v) is 7.72. The molecule has 1 aliphatic heterocycles. The van der Waals surface area contributed by atoms with Gasteiger partial charge in [-0.2, -0.15) is 0 Å². The van der Waals surface area contributed by atoms with Crippen LogP contribution in [-0.2, 0) is 20.8 Å². The summed E-state index contributed by atoms with van der Waals surface area (Å²) in [5.41, 5.74) is 2.53. The van der Waals surface area contributed by atoms with Crippen molar-refractivity contribution in [1.82, 2.24) is 5.32 Å². The molecule has 0 aliphatic carbocycles. The summed E-state index contributed by atoms with van der Waals surface area (Å²) in [6, 6.07) is 13.7. The Kier molecular flexibility index (Phi) is 7.19. The van der Waals surface area contributed by atoms with E-state index >= 15 is 0 Å². The number of nitrogens with one attached hydrogen (secondary N) is 1. The number of para-hydroxylation sites is 1. The van der Waals surface area contributed by atoms with E-state index in [4.69, 9.17) is 19.0 Å². The van der Waals surface area contributed by atoms with Crippen LogP contribution in [0.25, 0.3) is 11.0 Å². The van der Waals surface area contributed by atoms with Gasteiger partial charge in [0.05, 0.1) is 12.9 Å². The van der Waals surface area contributed by atoms with Gasteiger partial charge in [-0.25, -0.2) is 4.39 Å². The first kappa shape index (κ1) is 22.0. The van der Waals surface area contributed by atoms with Crippen molar-refractivity contribution in [2.75, 3.05) is 13.2 Å². The molecule has 0 saturated heterocycles. The zero-order valence-corrected chi connectivity index (χ0v) is 17.6. The summed E-state index contributed by atoms with van der Waals surface area (Å²) in [4.78, 5) is 12.8. The van der Waals surface area contributed by atoms with E-state index in [0.29, 0.717) is 25.9 Å². The highest BCUT2D eigenvalue weighted by atomic mass is 19.1. The van der Waals surface area contributed by atoms with Crippen LogP contribution < -0.4 is 5.32 Å². The Balaban J connectivity index is 1.51. The van der Waals surface area contributed by atoms with Gasteiger partial charge >= 0.3 is 0 Å². The molecule has 0 saturated carbocycles. The molecule has 1 aromatic heterocycles. The van der Waals surface area contributed by atoms with Gasteiger partial charge in [-0.1, -0.05) is 30.3 Å². The van der Waals surface area contributed by atoms with Crippen molar-refractivity contribution in [3.8, 4) is 0 Å². The van der Waals surface area contributed by atoms with Crippen LogP contribution >= 0.6 is 0 Å². The number of furan rings is 1. The molecule has 32 heavy (non-hydrogen) atoms. The van der Waals surface area contributed by atoms with Gasteiger partial charge < -0.3 is 24.3 Å². The molecule has 2 atom stereocenters. The van der Waals surface area contributed by atoms with E-state index in [1.807, 2.05) is 24.3 Å². The molecule has 1 amide bonds. The van der Waals surface area contributed by atoms with Crippen molar-refractivity contribution >= 4 is 16.9 Å². The number of fused-ring (bicyclic) bond motifs is 1. The summed E-state index contributed by atoms with van der Waals surface area (Å²) in [5.74, 6) is -0.631. The smallest absolute Gasteiger partial charge is 0.286 e. The van der Waals surface area contributed by atoms with E-state index in [-0.39, 0.29) is 36.6 Å². The Bertz CT molecular complexity index is 1080. The van der Waals surface area contributed by atoms with Gasteiger partial charge in [0, 0.05) is 36.4 Å². The zero-order valence-electron chi connectivity index (χ0n) is 17.6. The van der Waals surface area contributed by atoms with E-state index in [1.54, 1.807) is 24.5 Å². The minimum Gasteiger partial charge on any atom is -0.464 e. The topological polar surface area (TPSA) is 80.9 Å². The normalized spacial score (nSPS) is 18.2. The molecule has 4 rings (SSSR count). The average molecular weight is 439 g/mol. The maximum atomic E-state index is 13.1. The maximum absolute atomic E-state index is 13.1. The third-order valence-electron chi connectivity index (χ3n) is 5.41. The Morgan fingerprint density at radius 2 is 1.97 bits per heavy atom. The molecule has 6 nitrogen and oxygen atoms in total. The van der Waals surface area contributed by atoms with Crippen molar-refractivity contribution < 1.29 is 28.2 Å². The molecule has 0 radical (unpaired) electrons. The quantitative estimate of drug-likeness (QED) is 0.484. The predicted octanol–water partition coefficient (Wildman–Crippen LogP) is 4.39. The molecule has 168 valence electrons. The summed E-state index contributed by atoms with van der Waals surface area (Å²) < 4.78 is 30.5. The number of unbranched alkanes of at least 4 members (excludes halogenated alkanes) is 1. The average Bonchev–Trinajstić information content (AvgIpc) is 3.25. The van der Waals surface area contributed by atoms with Gasteiger partial charge in [0.25, 0.3) is 5.91 Å². The highest BCUT2D eigenvalue weighted by molar-refractivity contribution is 5.92. The Morgan fingerprint density at radius 3 is 2.78 bits per heavy atom. The van der Waals surface area contributed by atoms with Crippen LogP contribution in [0.1, 0.15) is 36.3 Å². The zero-order chi connectivity index (χ0) is 22.3. The van der Waals surface area contributed by atoms with Crippen LogP contribution in [0.5, 0.6) is 0 Å². The summed E-state index contributed by atoms with van der Waals surface area (Å²) in [6.07, 6.45) is 4.80. The maximum Gasteiger partial charge on any atom is 0.286 e. The van der Waals surface area contributed by atoms with E-state index in [0.717, 1.165) is 22.1 Å². The number of hydrogen-bond acceptors (Lipinski definition) is 5. The highest BCUT2D eigenvalue weighted by Gasteiger charge is 2.30. The summed E-state index contributed by atoms with van der Waals surface area (Å²) in [5, 5.41) is 12.8. The van der Waals surface area contributed by atoms with Crippen molar-refractivity contribution in [2.24, 2.45) is 0 Å². The summed E-state index contributed by atoms with van der Waals surface area (Å²) in [6.45, 7) is 0.783. The highest BCUT2D eigenvalue weighted by Crippen LogP contribution is 2.36. The number of amides is 1. The first-order valence-electron chi connectivity index (χ1n) is 10.7. The van der Waals surface area contributed by atoms with E-state index in [9.17, 15) is 9.18 Å². The number of aliphatic hydroxyl groups is 1. The standard InChI is InChI=1S/C25H26FNO5/c26-19-9-7-17(8-10-19)15-27-25(29)23-13-18(14-24(32-23)30-12-4-3-11-28)21-16-31-22-6-2-1-5-20(21)22/h1-2,5-10,13,16,18,24,28H,3-4,11-12,14-15H2,(H,27,29). The fourth-order valence-corrected chi connectivity index (χ4v) is 3.72. The number of carbonyl (C=O) groups excluding carboxylic acids is 1. The number of rotatable bonds is 9. The van der Waals surface area contributed by atoms with Gasteiger partial charge in [-0.3, -0.25) is 4.79 Å². The van der Waals surface area contributed by atoms with Crippen LogP contribution in [0.4, 0.5) is 4.39 Å². The van der Waals surface area contributed by atoms with Crippen molar-refractivity contribution in [3.63, 3.8) is 0 Å². The van der Waals surface area contributed by atoms with Gasteiger partial charge in [0.15, 0.2) is 5.76 Å². The Labute approximate surface area is 185 Å². The first-order valence-corrected chi connectivity index (χ1v) is 10.7. The second kappa shape index (κ2) is 10.4. The van der Waals surface area contributed by atoms with Gasteiger partial charge in [0.1, 0.15) is 11.4 Å². The number of allylic oxidation sites excluding steroid dienone is 1. The number of carbonyl (C=O) groups is 1. The van der Waals surface area contributed by atoms with Crippen molar-refractivity contribution in [2.45, 2.75) is 38.0 Å². The minimum atomic E-state index is -0.594. The molecular formula is C25H26FNO5. The van der Waals surface area contributed by atoms with E-state index in [1.165, 1.54) is 12.1 Å². The van der Waals surface area contributed by atoms with Gasteiger partial charge in [-0.15, -0.1) is 0 Å². The third-order valence-corrected chi connectivity index (χ3v) is 5.41. The monoisotopic (exact) mass is 439 g/mol. The summed E-state index contributed by atoms with van der Waals surface area (Å²) >= 11 is 0. The molecule has 2 heterocycles. The fourth-order valence-electron chi connectivity index (χ4n) is 3.72. The first-order chi connectivity index (χ1) is 15.6.